The van der Waals surface area contributed by atoms with Crippen LogP contribution in [-0.2, 0) is 4.79 Å². The maximum absolute atomic E-state index is 12.0. The zero-order chi connectivity index (χ0) is 15.3. The molecule has 4 nitrogen and oxygen atoms in total. The van der Waals surface area contributed by atoms with Gasteiger partial charge in [-0.2, -0.15) is 0 Å². The molecule has 1 amide bonds. The Bertz CT molecular complexity index is 480. The highest BCUT2D eigenvalue weighted by Gasteiger charge is 2.16. The monoisotopic (exact) mass is 406 g/mol. The highest BCUT2D eigenvalue weighted by Crippen LogP contribution is 2.34. The van der Waals surface area contributed by atoms with Crippen molar-refractivity contribution in [2.45, 2.75) is 39.3 Å². The maximum atomic E-state index is 12.0. The Morgan fingerprint density at radius 3 is 2.50 bits per heavy atom. The normalized spacial score (nSPS) is 13.5. The second-order valence-corrected chi connectivity index (χ2v) is 6.36. The van der Waals surface area contributed by atoms with Gasteiger partial charge in [0.05, 0.1) is 17.3 Å². The standard InChI is InChI=1S/C14H20Br2N2O2/c1-5-8(2)17-14(19)9(3)18-12-7-13(20-4)11(16)6-10(12)15/h6-9,18H,5H2,1-4H3,(H,17,19). The van der Waals surface area contributed by atoms with Crippen molar-refractivity contribution in [1.29, 1.82) is 0 Å². The third kappa shape index (κ3) is 4.66. The summed E-state index contributed by atoms with van der Waals surface area (Å²) in [6.45, 7) is 5.86. The van der Waals surface area contributed by atoms with E-state index < -0.39 is 0 Å². The highest BCUT2D eigenvalue weighted by atomic mass is 79.9. The number of carbonyl (C=O) groups is 1. The van der Waals surface area contributed by atoms with Crippen molar-refractivity contribution >= 4 is 43.5 Å². The summed E-state index contributed by atoms with van der Waals surface area (Å²) < 4.78 is 6.98. The number of benzene rings is 1. The van der Waals surface area contributed by atoms with E-state index in [2.05, 4.69) is 42.5 Å². The molecule has 0 aliphatic rings. The summed E-state index contributed by atoms with van der Waals surface area (Å²) in [7, 11) is 1.61. The van der Waals surface area contributed by atoms with Crippen LogP contribution < -0.4 is 15.4 Å². The van der Waals surface area contributed by atoms with Gasteiger partial charge in [0, 0.05) is 16.6 Å². The maximum Gasteiger partial charge on any atom is 0.242 e. The van der Waals surface area contributed by atoms with E-state index in [4.69, 9.17) is 4.74 Å². The lowest BCUT2D eigenvalue weighted by molar-refractivity contribution is -0.122. The Balaban J connectivity index is 2.80. The topological polar surface area (TPSA) is 50.4 Å². The van der Waals surface area contributed by atoms with E-state index in [0.29, 0.717) is 5.75 Å². The zero-order valence-electron chi connectivity index (χ0n) is 12.1. The molecule has 0 saturated heterocycles. The second-order valence-electron chi connectivity index (χ2n) is 4.65. The van der Waals surface area contributed by atoms with Crippen LogP contribution in [0.2, 0.25) is 0 Å². The number of anilines is 1. The van der Waals surface area contributed by atoms with Crippen LogP contribution in [0.3, 0.4) is 0 Å². The third-order valence-electron chi connectivity index (χ3n) is 3.01. The smallest absolute Gasteiger partial charge is 0.242 e. The number of halogens is 2. The number of amides is 1. The molecule has 2 N–H and O–H groups in total. The molecule has 0 aromatic heterocycles. The molecule has 0 aliphatic heterocycles. The van der Waals surface area contributed by atoms with Crippen molar-refractivity contribution in [1.82, 2.24) is 5.32 Å². The first-order valence-electron chi connectivity index (χ1n) is 6.49. The summed E-state index contributed by atoms with van der Waals surface area (Å²) in [6, 6.07) is 3.59. The predicted octanol–water partition coefficient (Wildman–Crippen LogP) is 3.94. The van der Waals surface area contributed by atoms with Crippen LogP contribution in [0.4, 0.5) is 5.69 Å². The van der Waals surface area contributed by atoms with Gasteiger partial charge in [-0.05, 0) is 58.2 Å². The fraction of sp³-hybridized carbons (Fsp3) is 0.500. The Kier molecular flexibility index (Phi) is 6.82. The minimum Gasteiger partial charge on any atom is -0.495 e. The first-order valence-corrected chi connectivity index (χ1v) is 8.07. The largest absolute Gasteiger partial charge is 0.495 e. The molecule has 2 atom stereocenters. The van der Waals surface area contributed by atoms with Gasteiger partial charge >= 0.3 is 0 Å². The molecule has 0 aliphatic carbocycles. The van der Waals surface area contributed by atoms with Crippen molar-refractivity contribution < 1.29 is 9.53 Å². The van der Waals surface area contributed by atoms with E-state index in [1.807, 2.05) is 32.9 Å². The molecule has 0 heterocycles. The molecule has 6 heteroatoms. The first-order chi connectivity index (χ1) is 9.38. The van der Waals surface area contributed by atoms with Crippen molar-refractivity contribution in [3.8, 4) is 5.75 Å². The molecule has 0 saturated carbocycles. The van der Waals surface area contributed by atoms with Crippen LogP contribution in [0.15, 0.2) is 21.1 Å². The molecule has 0 spiro atoms. The van der Waals surface area contributed by atoms with Gasteiger partial charge in [-0.3, -0.25) is 4.79 Å². The summed E-state index contributed by atoms with van der Waals surface area (Å²) in [5.41, 5.74) is 0.817. The average molecular weight is 408 g/mol. The molecule has 112 valence electrons. The Morgan fingerprint density at radius 2 is 1.95 bits per heavy atom. The Hall–Kier alpha value is -0.750. The molecule has 0 bridgehead atoms. The molecule has 0 radical (unpaired) electrons. The molecule has 1 aromatic carbocycles. The van der Waals surface area contributed by atoms with E-state index >= 15 is 0 Å². The summed E-state index contributed by atoms with van der Waals surface area (Å²) in [4.78, 5) is 12.0. The van der Waals surface area contributed by atoms with Gasteiger partial charge < -0.3 is 15.4 Å². The summed E-state index contributed by atoms with van der Waals surface area (Å²) in [5.74, 6) is 0.693. The number of rotatable bonds is 6. The van der Waals surface area contributed by atoms with E-state index in [9.17, 15) is 4.79 Å². The van der Waals surface area contributed by atoms with Crippen molar-refractivity contribution in [3.05, 3.63) is 21.1 Å². The van der Waals surface area contributed by atoms with Crippen LogP contribution in [0, 0.1) is 0 Å². The quantitative estimate of drug-likeness (QED) is 0.750. The van der Waals surface area contributed by atoms with Gasteiger partial charge in [0.25, 0.3) is 0 Å². The number of hydrogen-bond donors (Lipinski definition) is 2. The average Bonchev–Trinajstić information content (AvgIpc) is 2.41. The Labute approximate surface area is 136 Å². The number of hydrogen-bond acceptors (Lipinski definition) is 3. The Morgan fingerprint density at radius 1 is 1.30 bits per heavy atom. The first kappa shape index (κ1) is 17.3. The van der Waals surface area contributed by atoms with Crippen molar-refractivity contribution in [2.24, 2.45) is 0 Å². The van der Waals surface area contributed by atoms with Crippen LogP contribution >= 0.6 is 31.9 Å². The summed E-state index contributed by atoms with van der Waals surface area (Å²) in [5, 5.41) is 6.13. The lowest BCUT2D eigenvalue weighted by atomic mass is 10.2. The van der Waals surface area contributed by atoms with E-state index in [0.717, 1.165) is 21.1 Å². The van der Waals surface area contributed by atoms with E-state index in [1.165, 1.54) is 0 Å². The van der Waals surface area contributed by atoms with E-state index in [-0.39, 0.29) is 18.0 Å². The fourth-order valence-electron chi connectivity index (χ4n) is 1.56. The minimum atomic E-state index is -0.328. The van der Waals surface area contributed by atoms with Crippen molar-refractivity contribution in [3.63, 3.8) is 0 Å². The minimum absolute atomic E-state index is 0.0202. The molecule has 1 aromatic rings. The molecule has 1 rings (SSSR count). The zero-order valence-corrected chi connectivity index (χ0v) is 15.3. The predicted molar refractivity (Wildman–Crippen MR) is 89.4 cm³/mol. The molecular formula is C14H20Br2N2O2. The van der Waals surface area contributed by atoms with Crippen LogP contribution in [0.5, 0.6) is 5.75 Å². The molecule has 0 fully saturated rings. The van der Waals surface area contributed by atoms with E-state index in [1.54, 1.807) is 7.11 Å². The summed E-state index contributed by atoms with van der Waals surface area (Å²) in [6.07, 6.45) is 0.911. The fourth-order valence-corrected chi connectivity index (χ4v) is 2.84. The second kappa shape index (κ2) is 7.88. The van der Waals surface area contributed by atoms with Gasteiger partial charge in [0.1, 0.15) is 11.8 Å². The van der Waals surface area contributed by atoms with Crippen LogP contribution in [0.1, 0.15) is 27.2 Å². The van der Waals surface area contributed by atoms with Crippen molar-refractivity contribution in [2.75, 3.05) is 12.4 Å². The number of nitrogens with one attached hydrogen (secondary N) is 2. The number of carbonyl (C=O) groups excluding carboxylic acids is 1. The molecule has 20 heavy (non-hydrogen) atoms. The highest BCUT2D eigenvalue weighted by molar-refractivity contribution is 9.11. The SMILES string of the molecule is CCC(C)NC(=O)C(C)Nc1cc(OC)c(Br)cc1Br. The van der Waals surface area contributed by atoms with Gasteiger partial charge in [0.15, 0.2) is 0 Å². The lowest BCUT2D eigenvalue weighted by Gasteiger charge is -2.19. The third-order valence-corrected chi connectivity index (χ3v) is 4.28. The molecular weight excluding hydrogens is 388 g/mol. The van der Waals surface area contributed by atoms with Gasteiger partial charge in [-0.1, -0.05) is 6.92 Å². The number of ether oxygens (including phenoxy) is 1. The van der Waals surface area contributed by atoms with Gasteiger partial charge in [-0.25, -0.2) is 0 Å². The van der Waals surface area contributed by atoms with Crippen LogP contribution in [-0.4, -0.2) is 25.1 Å². The lowest BCUT2D eigenvalue weighted by Crippen LogP contribution is -2.41. The van der Waals surface area contributed by atoms with Crippen LogP contribution in [0.25, 0.3) is 0 Å². The molecule has 2 unspecified atom stereocenters. The summed E-state index contributed by atoms with van der Waals surface area (Å²) >= 11 is 6.89. The van der Waals surface area contributed by atoms with Gasteiger partial charge in [0.2, 0.25) is 5.91 Å². The van der Waals surface area contributed by atoms with Gasteiger partial charge in [-0.15, -0.1) is 0 Å². The number of methoxy groups -OCH3 is 1.